The van der Waals surface area contributed by atoms with Gasteiger partial charge in [0.05, 0.1) is 0 Å². The van der Waals surface area contributed by atoms with Gasteiger partial charge in [-0.05, 0) is 25.2 Å². The molecule has 58 valence electrons. The van der Waals surface area contributed by atoms with Gasteiger partial charge in [-0.2, -0.15) is 0 Å². The maximum Gasteiger partial charge on any atom is 0.0216 e. The van der Waals surface area contributed by atoms with Gasteiger partial charge in [0, 0.05) is 19.1 Å². The Morgan fingerprint density at radius 1 is 1.30 bits per heavy atom. The van der Waals surface area contributed by atoms with Crippen molar-refractivity contribution in [1.82, 2.24) is 10.4 Å². The number of hydrazine groups is 1. The van der Waals surface area contributed by atoms with Crippen LogP contribution < -0.4 is 5.43 Å². The summed E-state index contributed by atoms with van der Waals surface area (Å²) in [6, 6.07) is 0.838. The van der Waals surface area contributed by atoms with E-state index >= 15 is 0 Å². The molecule has 1 saturated carbocycles. The van der Waals surface area contributed by atoms with Crippen LogP contribution >= 0.6 is 0 Å². The van der Waals surface area contributed by atoms with Crippen LogP contribution in [0.15, 0.2) is 0 Å². The third-order valence-electron chi connectivity index (χ3n) is 2.37. The Bertz CT molecular complexity index is 120. The zero-order valence-electron chi connectivity index (χ0n) is 6.64. The molecule has 0 aromatic heterocycles. The Kier molecular flexibility index (Phi) is 1.66. The Balaban J connectivity index is 1.72. The van der Waals surface area contributed by atoms with Crippen LogP contribution in [0.1, 0.15) is 26.2 Å². The molecule has 10 heavy (non-hydrogen) atoms. The van der Waals surface area contributed by atoms with E-state index in [1.807, 2.05) is 0 Å². The Morgan fingerprint density at radius 3 is 2.60 bits per heavy atom. The average molecular weight is 140 g/mol. The molecule has 0 unspecified atom stereocenters. The predicted molar refractivity (Wildman–Crippen MR) is 41.5 cm³/mol. The predicted octanol–water partition coefficient (Wildman–Crippen LogP) is 0.995. The van der Waals surface area contributed by atoms with Crippen LogP contribution in [0, 0.1) is 5.92 Å². The number of rotatable bonds is 2. The summed E-state index contributed by atoms with van der Waals surface area (Å²) in [4.78, 5) is 0. The van der Waals surface area contributed by atoms with E-state index in [1.54, 1.807) is 0 Å². The molecule has 0 amide bonds. The number of hydrogen-bond donors (Lipinski definition) is 1. The molecule has 1 aliphatic carbocycles. The number of nitrogens with one attached hydrogen (secondary N) is 1. The summed E-state index contributed by atoms with van der Waals surface area (Å²) in [5.41, 5.74) is 3.52. The first-order chi connectivity index (χ1) is 4.84. The van der Waals surface area contributed by atoms with E-state index < -0.39 is 0 Å². The molecule has 1 saturated heterocycles. The largest absolute Gasteiger partial charge is 0.252 e. The maximum atomic E-state index is 3.52. The first-order valence-electron chi connectivity index (χ1n) is 4.36. The van der Waals surface area contributed by atoms with E-state index in [2.05, 4.69) is 17.4 Å². The molecule has 0 bridgehead atoms. The fourth-order valence-electron chi connectivity index (χ4n) is 1.52. The lowest BCUT2D eigenvalue weighted by Gasteiger charge is -2.15. The zero-order chi connectivity index (χ0) is 6.97. The van der Waals surface area contributed by atoms with Crippen molar-refractivity contribution >= 4 is 0 Å². The summed E-state index contributed by atoms with van der Waals surface area (Å²) >= 11 is 0. The van der Waals surface area contributed by atoms with Gasteiger partial charge in [-0.3, -0.25) is 5.43 Å². The minimum absolute atomic E-state index is 0.838. The number of nitrogens with zero attached hydrogens (tertiary/aromatic N) is 1. The molecule has 0 radical (unpaired) electrons. The van der Waals surface area contributed by atoms with E-state index in [0.717, 1.165) is 12.0 Å². The van der Waals surface area contributed by atoms with Crippen molar-refractivity contribution < 1.29 is 0 Å². The van der Waals surface area contributed by atoms with Crippen molar-refractivity contribution in [2.75, 3.05) is 13.1 Å². The van der Waals surface area contributed by atoms with Crippen LogP contribution in [0.2, 0.25) is 0 Å². The van der Waals surface area contributed by atoms with Crippen molar-refractivity contribution in [3.63, 3.8) is 0 Å². The summed E-state index contributed by atoms with van der Waals surface area (Å²) in [6.45, 7) is 4.85. The second-order valence-corrected chi connectivity index (χ2v) is 3.74. The van der Waals surface area contributed by atoms with Crippen molar-refractivity contribution in [2.24, 2.45) is 5.92 Å². The monoisotopic (exact) mass is 140 g/mol. The van der Waals surface area contributed by atoms with Gasteiger partial charge >= 0.3 is 0 Å². The van der Waals surface area contributed by atoms with Crippen molar-refractivity contribution in [3.8, 4) is 0 Å². The normalized spacial score (nSPS) is 35.1. The molecule has 0 spiro atoms. The Labute approximate surface area is 62.6 Å². The van der Waals surface area contributed by atoms with Crippen LogP contribution in [-0.4, -0.2) is 24.1 Å². The lowest BCUT2D eigenvalue weighted by molar-refractivity contribution is 0.224. The van der Waals surface area contributed by atoms with Gasteiger partial charge in [-0.1, -0.05) is 6.92 Å². The smallest absolute Gasteiger partial charge is 0.0216 e. The minimum Gasteiger partial charge on any atom is -0.252 e. The second-order valence-electron chi connectivity index (χ2n) is 3.74. The summed E-state index contributed by atoms with van der Waals surface area (Å²) < 4.78 is 0. The lowest BCUT2D eigenvalue weighted by Crippen LogP contribution is -2.37. The highest BCUT2D eigenvalue weighted by molar-refractivity contribution is 4.81. The molecule has 1 atom stereocenters. The molecule has 2 aliphatic rings. The van der Waals surface area contributed by atoms with Crippen molar-refractivity contribution in [1.29, 1.82) is 0 Å². The van der Waals surface area contributed by atoms with Crippen molar-refractivity contribution in [3.05, 3.63) is 0 Å². The highest BCUT2D eigenvalue weighted by Crippen LogP contribution is 2.21. The lowest BCUT2D eigenvalue weighted by atomic mass is 10.2. The molecule has 2 nitrogen and oxygen atoms in total. The third kappa shape index (κ3) is 1.50. The minimum atomic E-state index is 0.838. The summed E-state index contributed by atoms with van der Waals surface area (Å²) in [7, 11) is 0. The van der Waals surface area contributed by atoms with Crippen LogP contribution in [0.3, 0.4) is 0 Å². The van der Waals surface area contributed by atoms with Gasteiger partial charge in [-0.25, -0.2) is 5.01 Å². The van der Waals surface area contributed by atoms with Gasteiger partial charge in [0.15, 0.2) is 0 Å². The molecule has 0 aromatic carbocycles. The molecular formula is C8H16N2. The third-order valence-corrected chi connectivity index (χ3v) is 2.37. The average Bonchev–Trinajstić information content (AvgIpc) is 2.59. The summed E-state index contributed by atoms with van der Waals surface area (Å²) in [5, 5.41) is 2.39. The number of hydrogen-bond acceptors (Lipinski definition) is 2. The van der Waals surface area contributed by atoms with E-state index in [1.165, 1.54) is 32.4 Å². The fourth-order valence-corrected chi connectivity index (χ4v) is 1.52. The first-order valence-corrected chi connectivity index (χ1v) is 4.36. The first kappa shape index (κ1) is 6.62. The van der Waals surface area contributed by atoms with Gasteiger partial charge in [0.1, 0.15) is 0 Å². The zero-order valence-corrected chi connectivity index (χ0v) is 6.64. The van der Waals surface area contributed by atoms with Gasteiger partial charge < -0.3 is 0 Å². The van der Waals surface area contributed by atoms with E-state index in [0.29, 0.717) is 0 Å². The summed E-state index contributed by atoms with van der Waals surface area (Å²) in [6.07, 6.45) is 4.16. The van der Waals surface area contributed by atoms with Gasteiger partial charge in [-0.15, -0.1) is 0 Å². The SMILES string of the molecule is C[C@@H]1CCN(NC2CC2)C1. The Hall–Kier alpha value is -0.0800. The fraction of sp³-hybridized carbons (Fsp3) is 1.00. The molecule has 1 N–H and O–H groups in total. The molecule has 0 aromatic rings. The van der Waals surface area contributed by atoms with E-state index in [4.69, 9.17) is 0 Å². The maximum absolute atomic E-state index is 3.52. The highest BCUT2D eigenvalue weighted by atomic mass is 15.5. The topological polar surface area (TPSA) is 15.3 Å². The molecule has 2 rings (SSSR count). The second kappa shape index (κ2) is 2.51. The van der Waals surface area contributed by atoms with Crippen LogP contribution in [0.4, 0.5) is 0 Å². The van der Waals surface area contributed by atoms with Gasteiger partial charge in [0.2, 0.25) is 0 Å². The molecular weight excluding hydrogens is 124 g/mol. The molecule has 2 fully saturated rings. The Morgan fingerprint density at radius 2 is 2.10 bits per heavy atom. The summed E-state index contributed by atoms with van der Waals surface area (Å²) in [5.74, 6) is 0.909. The molecule has 2 heteroatoms. The standard InChI is InChI=1S/C8H16N2/c1-7-4-5-10(6-7)9-8-2-3-8/h7-9H,2-6H2,1H3/t7-/m1/s1. The van der Waals surface area contributed by atoms with Crippen LogP contribution in [0.5, 0.6) is 0 Å². The van der Waals surface area contributed by atoms with Crippen molar-refractivity contribution in [2.45, 2.75) is 32.2 Å². The molecule has 1 aliphatic heterocycles. The van der Waals surface area contributed by atoms with Crippen LogP contribution in [-0.2, 0) is 0 Å². The van der Waals surface area contributed by atoms with Crippen LogP contribution in [0.25, 0.3) is 0 Å². The quantitative estimate of drug-likeness (QED) is 0.615. The van der Waals surface area contributed by atoms with E-state index in [-0.39, 0.29) is 0 Å². The highest BCUT2D eigenvalue weighted by Gasteiger charge is 2.26. The van der Waals surface area contributed by atoms with E-state index in [9.17, 15) is 0 Å². The van der Waals surface area contributed by atoms with Gasteiger partial charge in [0.25, 0.3) is 0 Å². The molecule has 1 heterocycles.